The summed E-state index contributed by atoms with van der Waals surface area (Å²) in [6.45, 7) is 2.20. The quantitative estimate of drug-likeness (QED) is 0.910. The Morgan fingerprint density at radius 2 is 2.15 bits per heavy atom. The van der Waals surface area contributed by atoms with Crippen LogP contribution in [0, 0.1) is 0 Å². The number of aromatic nitrogens is 3. The normalized spacial score (nSPS) is 21.6. The van der Waals surface area contributed by atoms with Crippen LogP contribution in [0.4, 0.5) is 11.6 Å². The number of benzene rings is 1. The first-order chi connectivity index (χ1) is 9.56. The van der Waals surface area contributed by atoms with E-state index >= 15 is 0 Å². The van der Waals surface area contributed by atoms with E-state index in [9.17, 15) is 0 Å². The Bertz CT molecular complexity index is 616. The summed E-state index contributed by atoms with van der Waals surface area (Å²) in [4.78, 5) is 6.43. The maximum absolute atomic E-state index is 5.72. The Hall–Kier alpha value is -2.04. The molecule has 106 valence electrons. The Morgan fingerprint density at radius 3 is 2.90 bits per heavy atom. The van der Waals surface area contributed by atoms with Gasteiger partial charge < -0.3 is 10.6 Å². The van der Waals surface area contributed by atoms with Crippen LogP contribution in [0.3, 0.4) is 0 Å². The second-order valence-electron chi connectivity index (χ2n) is 5.71. The van der Waals surface area contributed by atoms with Gasteiger partial charge in [0.05, 0.1) is 6.04 Å². The van der Waals surface area contributed by atoms with Gasteiger partial charge in [-0.15, -0.1) is 5.10 Å². The van der Waals surface area contributed by atoms with Crippen molar-refractivity contribution in [3.63, 3.8) is 0 Å². The summed E-state index contributed by atoms with van der Waals surface area (Å²) in [5, 5.41) is 4.34. The van der Waals surface area contributed by atoms with Crippen LogP contribution in [0.5, 0.6) is 0 Å². The second kappa shape index (κ2) is 4.81. The summed E-state index contributed by atoms with van der Waals surface area (Å²) in [6.07, 6.45) is 2.03. The van der Waals surface area contributed by atoms with Crippen LogP contribution in [0.25, 0.3) is 0 Å². The highest BCUT2D eigenvalue weighted by atomic mass is 15.4. The zero-order valence-electron chi connectivity index (χ0n) is 12.2. The number of aryl methyl sites for hydroxylation is 1. The molecule has 0 spiro atoms. The molecule has 1 aliphatic heterocycles. The van der Waals surface area contributed by atoms with Crippen LogP contribution < -0.4 is 10.6 Å². The lowest BCUT2D eigenvalue weighted by Crippen LogP contribution is -2.24. The van der Waals surface area contributed by atoms with Crippen molar-refractivity contribution in [3.8, 4) is 0 Å². The molecule has 2 aromatic rings. The van der Waals surface area contributed by atoms with Crippen LogP contribution >= 0.6 is 0 Å². The lowest BCUT2D eigenvalue weighted by atomic mass is 9.85. The van der Waals surface area contributed by atoms with Crippen molar-refractivity contribution in [1.29, 1.82) is 0 Å². The molecule has 2 heterocycles. The molecule has 0 saturated carbocycles. The van der Waals surface area contributed by atoms with Gasteiger partial charge in [-0.2, -0.15) is 4.98 Å². The second-order valence-corrected chi connectivity index (χ2v) is 5.71. The standard InChI is InChI=1S/C15H21N5/c1-10-13(7-8-14-17-15(16)18-20(10)14)11-5-4-6-12(9-11)19(2)3/h4-6,9-10,13H,7-8H2,1-3H3,(H2,16,18). The van der Waals surface area contributed by atoms with Crippen LogP contribution in [-0.2, 0) is 6.42 Å². The highest BCUT2D eigenvalue weighted by Crippen LogP contribution is 2.37. The molecule has 1 aromatic heterocycles. The van der Waals surface area contributed by atoms with E-state index in [0.29, 0.717) is 17.9 Å². The molecule has 1 aromatic carbocycles. The number of nitrogens with zero attached hydrogens (tertiary/aromatic N) is 4. The van der Waals surface area contributed by atoms with Crippen LogP contribution in [0.2, 0.25) is 0 Å². The molecule has 2 atom stereocenters. The van der Waals surface area contributed by atoms with E-state index in [-0.39, 0.29) is 0 Å². The summed E-state index contributed by atoms with van der Waals surface area (Å²) in [6, 6.07) is 9.03. The zero-order chi connectivity index (χ0) is 14.3. The number of anilines is 2. The van der Waals surface area contributed by atoms with Gasteiger partial charge in [-0.1, -0.05) is 12.1 Å². The van der Waals surface area contributed by atoms with Crippen LogP contribution in [-0.4, -0.2) is 28.9 Å². The Kier molecular flexibility index (Phi) is 3.12. The van der Waals surface area contributed by atoms with Gasteiger partial charge in [-0.3, -0.25) is 0 Å². The molecule has 3 rings (SSSR count). The fourth-order valence-corrected chi connectivity index (χ4v) is 3.05. The number of nitrogen functional groups attached to an aromatic ring is 1. The van der Waals surface area contributed by atoms with Crippen molar-refractivity contribution in [1.82, 2.24) is 14.8 Å². The summed E-state index contributed by atoms with van der Waals surface area (Å²) >= 11 is 0. The first-order valence-corrected chi connectivity index (χ1v) is 7.04. The van der Waals surface area contributed by atoms with Gasteiger partial charge in [0.15, 0.2) is 0 Å². The highest BCUT2D eigenvalue weighted by molar-refractivity contribution is 5.48. The third-order valence-corrected chi connectivity index (χ3v) is 4.18. The Balaban J connectivity index is 1.94. The highest BCUT2D eigenvalue weighted by Gasteiger charge is 2.29. The fraction of sp³-hybridized carbons (Fsp3) is 0.467. The maximum Gasteiger partial charge on any atom is 0.239 e. The van der Waals surface area contributed by atoms with Gasteiger partial charge in [0.1, 0.15) is 5.82 Å². The Labute approximate surface area is 119 Å². The minimum absolute atomic E-state index is 0.293. The number of hydrogen-bond acceptors (Lipinski definition) is 4. The first-order valence-electron chi connectivity index (χ1n) is 7.04. The third kappa shape index (κ3) is 2.13. The molecule has 0 amide bonds. The van der Waals surface area contributed by atoms with Gasteiger partial charge >= 0.3 is 0 Å². The zero-order valence-corrected chi connectivity index (χ0v) is 12.2. The summed E-state index contributed by atoms with van der Waals surface area (Å²) < 4.78 is 1.99. The van der Waals surface area contributed by atoms with E-state index in [4.69, 9.17) is 5.73 Å². The largest absolute Gasteiger partial charge is 0.378 e. The molecule has 20 heavy (non-hydrogen) atoms. The molecular formula is C15H21N5. The van der Waals surface area contributed by atoms with Gasteiger partial charge in [0, 0.05) is 32.1 Å². The lowest BCUT2D eigenvalue weighted by molar-refractivity contribution is 0.338. The summed E-state index contributed by atoms with van der Waals surface area (Å²) in [5.41, 5.74) is 8.32. The molecule has 0 radical (unpaired) electrons. The predicted molar refractivity (Wildman–Crippen MR) is 81.0 cm³/mol. The molecule has 5 heteroatoms. The number of nitrogens with two attached hydrogens (primary N) is 1. The molecule has 1 aliphatic rings. The maximum atomic E-state index is 5.72. The summed E-state index contributed by atoms with van der Waals surface area (Å²) in [7, 11) is 4.14. The molecule has 0 bridgehead atoms. The minimum Gasteiger partial charge on any atom is -0.378 e. The smallest absolute Gasteiger partial charge is 0.239 e. The molecule has 0 aliphatic carbocycles. The molecule has 5 nitrogen and oxygen atoms in total. The first kappa shape index (κ1) is 13.0. The topological polar surface area (TPSA) is 60.0 Å². The fourth-order valence-electron chi connectivity index (χ4n) is 3.05. The van der Waals surface area contributed by atoms with E-state index in [2.05, 4.69) is 60.3 Å². The molecule has 2 N–H and O–H groups in total. The van der Waals surface area contributed by atoms with Crippen molar-refractivity contribution in [2.24, 2.45) is 0 Å². The van der Waals surface area contributed by atoms with Crippen LogP contribution in [0.1, 0.15) is 36.7 Å². The molecule has 0 fully saturated rings. The average Bonchev–Trinajstić information content (AvgIpc) is 2.81. The van der Waals surface area contributed by atoms with Crippen molar-refractivity contribution in [2.45, 2.75) is 31.7 Å². The minimum atomic E-state index is 0.293. The average molecular weight is 271 g/mol. The number of hydrogen-bond donors (Lipinski definition) is 1. The van der Waals surface area contributed by atoms with Crippen LogP contribution in [0.15, 0.2) is 24.3 Å². The van der Waals surface area contributed by atoms with E-state index < -0.39 is 0 Å². The molecular weight excluding hydrogens is 250 g/mol. The van der Waals surface area contributed by atoms with Crippen molar-refractivity contribution in [2.75, 3.05) is 24.7 Å². The lowest BCUT2D eigenvalue weighted by Gasteiger charge is -2.30. The van der Waals surface area contributed by atoms with Crippen molar-refractivity contribution in [3.05, 3.63) is 35.7 Å². The van der Waals surface area contributed by atoms with E-state index in [1.165, 1.54) is 11.3 Å². The summed E-state index contributed by atoms with van der Waals surface area (Å²) in [5.74, 6) is 1.85. The van der Waals surface area contributed by atoms with E-state index in [1.54, 1.807) is 0 Å². The van der Waals surface area contributed by atoms with E-state index in [1.807, 2.05) is 4.68 Å². The van der Waals surface area contributed by atoms with Gasteiger partial charge in [-0.25, -0.2) is 4.68 Å². The predicted octanol–water partition coefficient (Wildman–Crippen LogP) is 2.22. The Morgan fingerprint density at radius 1 is 1.35 bits per heavy atom. The number of fused-ring (bicyclic) bond motifs is 1. The van der Waals surface area contributed by atoms with Gasteiger partial charge in [-0.05, 0) is 31.0 Å². The van der Waals surface area contributed by atoms with E-state index in [0.717, 1.165) is 18.7 Å². The SMILES string of the molecule is CC1C(c2cccc(N(C)C)c2)CCc2nc(N)nn21. The van der Waals surface area contributed by atoms with Crippen molar-refractivity contribution < 1.29 is 0 Å². The van der Waals surface area contributed by atoms with Crippen molar-refractivity contribution >= 4 is 11.6 Å². The third-order valence-electron chi connectivity index (χ3n) is 4.18. The monoisotopic (exact) mass is 271 g/mol. The van der Waals surface area contributed by atoms with Gasteiger partial charge in [0.25, 0.3) is 0 Å². The molecule has 2 unspecified atom stereocenters. The molecule has 0 saturated heterocycles. The van der Waals surface area contributed by atoms with Gasteiger partial charge in [0.2, 0.25) is 5.95 Å². The number of rotatable bonds is 2.